The fourth-order valence-corrected chi connectivity index (χ4v) is 1.13. The predicted octanol–water partition coefficient (Wildman–Crippen LogP) is 4.47. The maximum absolute atomic E-state index is 3.89. The number of rotatable bonds is 3. The van der Waals surface area contributed by atoms with E-state index in [1.807, 2.05) is 60.7 Å². The molecule has 0 radical (unpaired) electrons. The maximum atomic E-state index is 3.89. The standard InChI is InChI=1S/C12H10N4/c1-3-7-11(8-4-1)13-15-16-14-12-9-5-2-6-10-12/h1-10H. The Kier molecular flexibility index (Phi) is 3.50. The molecule has 4 nitrogen and oxygen atoms in total. The van der Waals surface area contributed by atoms with E-state index < -0.39 is 0 Å². The lowest BCUT2D eigenvalue weighted by Gasteiger charge is -1.87. The maximum Gasteiger partial charge on any atom is 0.0875 e. The van der Waals surface area contributed by atoms with Crippen molar-refractivity contribution in [1.29, 1.82) is 0 Å². The van der Waals surface area contributed by atoms with E-state index in [0.29, 0.717) is 0 Å². The van der Waals surface area contributed by atoms with Crippen LogP contribution in [-0.2, 0) is 0 Å². The quantitative estimate of drug-likeness (QED) is 0.530. The second-order valence-electron chi connectivity index (χ2n) is 3.05. The minimum absolute atomic E-state index is 0.759. The summed E-state index contributed by atoms with van der Waals surface area (Å²) in [6.45, 7) is 0. The van der Waals surface area contributed by atoms with E-state index in [0.717, 1.165) is 11.4 Å². The van der Waals surface area contributed by atoms with E-state index in [9.17, 15) is 0 Å². The third-order valence-electron chi connectivity index (χ3n) is 1.87. The fourth-order valence-electron chi connectivity index (χ4n) is 1.13. The Morgan fingerprint density at radius 1 is 0.500 bits per heavy atom. The van der Waals surface area contributed by atoms with Crippen molar-refractivity contribution < 1.29 is 0 Å². The minimum atomic E-state index is 0.759. The van der Waals surface area contributed by atoms with Gasteiger partial charge in [-0.2, -0.15) is 0 Å². The highest BCUT2D eigenvalue weighted by Gasteiger charge is 1.84. The second kappa shape index (κ2) is 5.50. The molecular formula is C12H10N4. The van der Waals surface area contributed by atoms with E-state index in [4.69, 9.17) is 0 Å². The van der Waals surface area contributed by atoms with E-state index in [1.165, 1.54) is 0 Å². The lowest BCUT2D eigenvalue weighted by atomic mass is 10.3. The summed E-state index contributed by atoms with van der Waals surface area (Å²) in [5.41, 5.74) is 1.52. The Bertz CT molecular complexity index is 429. The van der Waals surface area contributed by atoms with Gasteiger partial charge in [0.15, 0.2) is 0 Å². The lowest BCUT2D eigenvalue weighted by Crippen LogP contribution is -1.61. The van der Waals surface area contributed by atoms with Crippen LogP contribution >= 0.6 is 0 Å². The molecule has 0 aliphatic rings. The van der Waals surface area contributed by atoms with Crippen molar-refractivity contribution in [3.63, 3.8) is 0 Å². The molecule has 2 rings (SSSR count). The molecule has 0 saturated carbocycles. The summed E-state index contributed by atoms with van der Waals surface area (Å²) in [5.74, 6) is 0. The van der Waals surface area contributed by atoms with Crippen molar-refractivity contribution in [2.45, 2.75) is 0 Å². The first-order valence-electron chi connectivity index (χ1n) is 4.87. The lowest BCUT2D eigenvalue weighted by molar-refractivity contribution is 0.958. The molecular weight excluding hydrogens is 200 g/mol. The Hall–Kier alpha value is -2.36. The molecule has 78 valence electrons. The van der Waals surface area contributed by atoms with Crippen molar-refractivity contribution >= 4 is 11.4 Å². The van der Waals surface area contributed by atoms with E-state index in [-0.39, 0.29) is 0 Å². The number of hydrogen-bond acceptors (Lipinski definition) is 2. The van der Waals surface area contributed by atoms with Crippen LogP contribution in [0.5, 0.6) is 0 Å². The van der Waals surface area contributed by atoms with E-state index in [1.54, 1.807) is 0 Å². The predicted molar refractivity (Wildman–Crippen MR) is 61.9 cm³/mol. The molecule has 0 saturated heterocycles. The first-order chi connectivity index (χ1) is 7.95. The van der Waals surface area contributed by atoms with Gasteiger partial charge in [0.2, 0.25) is 0 Å². The highest BCUT2D eigenvalue weighted by molar-refractivity contribution is 5.35. The smallest absolute Gasteiger partial charge is 0.0875 e. The van der Waals surface area contributed by atoms with Gasteiger partial charge in [0.25, 0.3) is 0 Å². The SMILES string of the molecule is c1ccc(N=NN=Nc2ccccc2)cc1. The van der Waals surface area contributed by atoms with Gasteiger partial charge in [-0.25, -0.2) is 0 Å². The second-order valence-corrected chi connectivity index (χ2v) is 3.05. The van der Waals surface area contributed by atoms with Crippen molar-refractivity contribution in [3.05, 3.63) is 60.7 Å². The van der Waals surface area contributed by atoms with Gasteiger partial charge in [-0.1, -0.05) is 36.4 Å². The minimum Gasteiger partial charge on any atom is -0.129 e. The van der Waals surface area contributed by atoms with Gasteiger partial charge in [-0.05, 0) is 34.7 Å². The zero-order chi connectivity index (χ0) is 11.1. The number of hydrogen-bond donors (Lipinski definition) is 0. The summed E-state index contributed by atoms with van der Waals surface area (Å²) < 4.78 is 0. The van der Waals surface area contributed by atoms with Crippen LogP contribution in [0.25, 0.3) is 0 Å². The summed E-state index contributed by atoms with van der Waals surface area (Å²) in [5, 5.41) is 15.0. The molecule has 0 bridgehead atoms. The van der Waals surface area contributed by atoms with Crippen LogP contribution in [0.15, 0.2) is 81.3 Å². The fraction of sp³-hybridized carbons (Fsp3) is 0. The normalized spacial score (nSPS) is 11.2. The number of benzene rings is 2. The van der Waals surface area contributed by atoms with Crippen LogP contribution in [0.1, 0.15) is 0 Å². The summed E-state index contributed by atoms with van der Waals surface area (Å²) in [6, 6.07) is 18.8. The first kappa shape index (κ1) is 10.2. The van der Waals surface area contributed by atoms with Crippen molar-refractivity contribution in [2.24, 2.45) is 20.7 Å². The van der Waals surface area contributed by atoms with Crippen LogP contribution in [0, 0.1) is 0 Å². The zero-order valence-corrected chi connectivity index (χ0v) is 8.56. The average molecular weight is 210 g/mol. The van der Waals surface area contributed by atoms with Crippen LogP contribution < -0.4 is 0 Å². The molecule has 0 spiro atoms. The highest BCUT2D eigenvalue weighted by Crippen LogP contribution is 2.12. The summed E-state index contributed by atoms with van der Waals surface area (Å²) in [6.07, 6.45) is 0. The largest absolute Gasteiger partial charge is 0.129 e. The molecule has 0 aliphatic heterocycles. The van der Waals surface area contributed by atoms with Crippen LogP contribution in [0.2, 0.25) is 0 Å². The van der Waals surface area contributed by atoms with Crippen molar-refractivity contribution in [3.8, 4) is 0 Å². The zero-order valence-electron chi connectivity index (χ0n) is 8.56. The first-order valence-corrected chi connectivity index (χ1v) is 4.87. The van der Waals surface area contributed by atoms with Crippen LogP contribution in [0.4, 0.5) is 11.4 Å². The molecule has 0 amide bonds. The van der Waals surface area contributed by atoms with Crippen LogP contribution in [0.3, 0.4) is 0 Å². The molecule has 0 atom stereocenters. The Morgan fingerprint density at radius 2 is 0.875 bits per heavy atom. The Morgan fingerprint density at radius 3 is 1.25 bits per heavy atom. The van der Waals surface area contributed by atoms with Crippen LogP contribution in [-0.4, -0.2) is 0 Å². The summed E-state index contributed by atoms with van der Waals surface area (Å²) in [4.78, 5) is 0. The third-order valence-corrected chi connectivity index (χ3v) is 1.87. The van der Waals surface area contributed by atoms with Crippen molar-refractivity contribution in [2.75, 3.05) is 0 Å². The average Bonchev–Trinajstić information content (AvgIpc) is 2.37. The summed E-state index contributed by atoms with van der Waals surface area (Å²) >= 11 is 0. The molecule has 16 heavy (non-hydrogen) atoms. The molecule has 2 aromatic rings. The molecule has 2 aromatic carbocycles. The van der Waals surface area contributed by atoms with E-state index in [2.05, 4.69) is 20.7 Å². The van der Waals surface area contributed by atoms with Gasteiger partial charge in [-0.3, -0.25) is 0 Å². The topological polar surface area (TPSA) is 49.4 Å². The molecule has 0 unspecified atom stereocenters. The van der Waals surface area contributed by atoms with Gasteiger partial charge in [0, 0.05) is 0 Å². The Balaban J connectivity index is 1.98. The molecule has 0 fully saturated rings. The third kappa shape index (κ3) is 3.09. The van der Waals surface area contributed by atoms with Gasteiger partial charge >= 0.3 is 0 Å². The van der Waals surface area contributed by atoms with Gasteiger partial charge < -0.3 is 0 Å². The molecule has 4 heteroatoms. The summed E-state index contributed by atoms with van der Waals surface area (Å²) in [7, 11) is 0. The molecule has 0 N–H and O–H groups in total. The Labute approximate surface area is 93.4 Å². The van der Waals surface area contributed by atoms with Crippen molar-refractivity contribution in [1.82, 2.24) is 0 Å². The molecule has 0 aliphatic carbocycles. The van der Waals surface area contributed by atoms with Gasteiger partial charge in [-0.15, -0.1) is 10.2 Å². The molecule has 0 heterocycles. The highest BCUT2D eigenvalue weighted by atomic mass is 15.5. The molecule has 0 aromatic heterocycles. The van der Waals surface area contributed by atoms with E-state index >= 15 is 0 Å². The van der Waals surface area contributed by atoms with Gasteiger partial charge in [0.05, 0.1) is 11.4 Å². The van der Waals surface area contributed by atoms with Gasteiger partial charge in [0.1, 0.15) is 0 Å². The monoisotopic (exact) mass is 210 g/mol. The number of nitrogens with zero attached hydrogens (tertiary/aromatic N) is 4.